The maximum absolute atomic E-state index is 11.5. The first-order chi connectivity index (χ1) is 11.9. The van der Waals surface area contributed by atoms with Crippen molar-refractivity contribution in [3.63, 3.8) is 0 Å². The summed E-state index contributed by atoms with van der Waals surface area (Å²) in [6, 6.07) is 15.9. The molecule has 1 heterocycles. The molecule has 0 unspecified atom stereocenters. The molecule has 3 rings (SSSR count). The van der Waals surface area contributed by atoms with Crippen LogP contribution in [0.3, 0.4) is 0 Å². The van der Waals surface area contributed by atoms with Crippen molar-refractivity contribution in [3.05, 3.63) is 69.7 Å². The Morgan fingerprint density at radius 3 is 1.52 bits per heavy atom. The van der Waals surface area contributed by atoms with E-state index in [0.717, 1.165) is 21.2 Å². The maximum atomic E-state index is 11.5. The molecule has 0 bridgehead atoms. The van der Waals surface area contributed by atoms with Crippen molar-refractivity contribution in [2.75, 3.05) is 0 Å². The number of halogens is 2. The Balaban J connectivity index is 2.01. The van der Waals surface area contributed by atoms with Gasteiger partial charge in [-0.15, -0.1) is 0 Å². The van der Waals surface area contributed by atoms with E-state index < -0.39 is 5.60 Å². The van der Waals surface area contributed by atoms with Gasteiger partial charge in [0.05, 0.1) is 5.60 Å². The number of hydrogen-bond acceptors (Lipinski definition) is 2. The van der Waals surface area contributed by atoms with Gasteiger partial charge in [0.15, 0.2) is 0 Å². The molecule has 4 heteroatoms. The summed E-state index contributed by atoms with van der Waals surface area (Å²) in [5.74, 6) is 0.162. The topological polar surface area (TPSA) is 32.3 Å². The highest BCUT2D eigenvalue weighted by Gasteiger charge is 2.49. The van der Waals surface area contributed by atoms with Crippen LogP contribution in [0.1, 0.15) is 50.4 Å². The average Bonchev–Trinajstić information content (AvgIpc) is 2.62. The third-order valence-corrected chi connectivity index (χ3v) is 6.46. The van der Waals surface area contributed by atoms with Crippen molar-refractivity contribution in [3.8, 4) is 0 Å². The van der Waals surface area contributed by atoms with Gasteiger partial charge in [0.25, 0.3) is 0 Å². The third kappa shape index (κ3) is 3.46. The van der Waals surface area contributed by atoms with Gasteiger partial charge in [-0.2, -0.15) is 0 Å². The molecule has 1 fully saturated rings. The fraction of sp³-hybridized carbons (Fsp3) is 0.429. The van der Waals surface area contributed by atoms with E-state index in [4.69, 9.17) is 23.2 Å². The Hall–Kier alpha value is -1.06. The lowest BCUT2D eigenvalue weighted by Gasteiger charge is -2.52. The lowest BCUT2D eigenvalue weighted by atomic mass is 9.65. The van der Waals surface area contributed by atoms with Crippen LogP contribution in [0.5, 0.6) is 0 Å². The molecule has 1 aliphatic rings. The van der Waals surface area contributed by atoms with Crippen molar-refractivity contribution < 1.29 is 5.11 Å². The quantitative estimate of drug-likeness (QED) is 0.708. The highest BCUT2D eigenvalue weighted by molar-refractivity contribution is 6.30. The highest BCUT2D eigenvalue weighted by atomic mass is 35.5. The van der Waals surface area contributed by atoms with Crippen molar-refractivity contribution >= 4 is 23.2 Å². The van der Waals surface area contributed by atoms with Gasteiger partial charge in [-0.3, -0.25) is 0 Å². The van der Waals surface area contributed by atoms with Crippen LogP contribution in [-0.4, -0.2) is 10.7 Å². The molecular weight excluding hydrogens is 353 g/mol. The monoisotopic (exact) mass is 377 g/mol. The summed E-state index contributed by atoms with van der Waals surface area (Å²) in [6.07, 6.45) is 0.713. The SMILES string of the molecule is CCC1(O)[C@@H](C)[C@@H](c2ccc(Cl)cc2)N[C@H](c2ccc(Cl)cc2)[C@@H]1C. The summed E-state index contributed by atoms with van der Waals surface area (Å²) in [5, 5.41) is 16.7. The van der Waals surface area contributed by atoms with E-state index in [1.807, 2.05) is 48.5 Å². The molecule has 134 valence electrons. The normalized spacial score (nSPS) is 32.6. The average molecular weight is 378 g/mol. The Bertz CT molecular complexity index is 656. The van der Waals surface area contributed by atoms with Crippen LogP contribution in [0.25, 0.3) is 0 Å². The van der Waals surface area contributed by atoms with Crippen LogP contribution in [0.2, 0.25) is 10.0 Å². The lowest BCUT2D eigenvalue weighted by Crippen LogP contribution is -2.57. The summed E-state index contributed by atoms with van der Waals surface area (Å²) in [7, 11) is 0. The van der Waals surface area contributed by atoms with Gasteiger partial charge >= 0.3 is 0 Å². The molecule has 1 saturated heterocycles. The second-order valence-corrected chi connectivity index (χ2v) is 8.02. The number of hydrogen-bond donors (Lipinski definition) is 2. The molecule has 0 spiro atoms. The lowest BCUT2D eigenvalue weighted by molar-refractivity contribution is -0.113. The van der Waals surface area contributed by atoms with Gasteiger partial charge < -0.3 is 10.4 Å². The van der Waals surface area contributed by atoms with Gasteiger partial charge in [-0.1, -0.05) is 68.2 Å². The van der Waals surface area contributed by atoms with Crippen LogP contribution >= 0.6 is 23.2 Å². The second-order valence-electron chi connectivity index (χ2n) is 7.15. The summed E-state index contributed by atoms with van der Waals surface area (Å²) < 4.78 is 0. The molecule has 1 aliphatic heterocycles. The summed E-state index contributed by atoms with van der Waals surface area (Å²) in [6.45, 7) is 6.32. The first-order valence-electron chi connectivity index (χ1n) is 8.86. The van der Waals surface area contributed by atoms with Crippen LogP contribution < -0.4 is 5.32 Å². The molecule has 0 amide bonds. The molecule has 0 aromatic heterocycles. The number of benzene rings is 2. The Morgan fingerprint density at radius 1 is 0.840 bits per heavy atom. The van der Waals surface area contributed by atoms with Crippen LogP contribution in [0.15, 0.2) is 48.5 Å². The molecule has 4 atom stereocenters. The molecule has 0 radical (unpaired) electrons. The molecule has 2 nitrogen and oxygen atoms in total. The number of nitrogens with one attached hydrogen (secondary N) is 1. The van der Waals surface area contributed by atoms with E-state index in [-0.39, 0.29) is 23.9 Å². The van der Waals surface area contributed by atoms with Gasteiger partial charge in [-0.25, -0.2) is 0 Å². The zero-order valence-electron chi connectivity index (χ0n) is 14.8. The van der Waals surface area contributed by atoms with Crippen LogP contribution in [-0.2, 0) is 0 Å². The molecule has 0 saturated carbocycles. The Labute approximate surface area is 160 Å². The minimum Gasteiger partial charge on any atom is -0.389 e. The second kappa shape index (κ2) is 7.28. The van der Waals surface area contributed by atoms with Crippen molar-refractivity contribution in [1.82, 2.24) is 5.32 Å². The first-order valence-corrected chi connectivity index (χ1v) is 9.61. The van der Waals surface area contributed by atoms with Gasteiger partial charge in [0.1, 0.15) is 0 Å². The Kier molecular flexibility index (Phi) is 5.45. The van der Waals surface area contributed by atoms with Crippen LogP contribution in [0, 0.1) is 11.8 Å². The molecule has 2 N–H and O–H groups in total. The van der Waals surface area contributed by atoms with E-state index in [2.05, 4.69) is 26.1 Å². The first kappa shape index (κ1) is 18.7. The van der Waals surface area contributed by atoms with Crippen molar-refractivity contribution in [2.45, 2.75) is 44.9 Å². The number of piperidine rings is 1. The molecule has 2 aromatic rings. The minimum atomic E-state index is -0.750. The van der Waals surface area contributed by atoms with Crippen molar-refractivity contribution in [1.29, 1.82) is 0 Å². The van der Waals surface area contributed by atoms with Gasteiger partial charge in [0.2, 0.25) is 0 Å². The predicted octanol–water partition coefficient (Wildman–Crippen LogP) is 5.79. The summed E-state index contributed by atoms with van der Waals surface area (Å²) >= 11 is 12.1. The largest absolute Gasteiger partial charge is 0.389 e. The summed E-state index contributed by atoms with van der Waals surface area (Å²) in [5.41, 5.74) is 1.55. The number of rotatable bonds is 3. The number of aliphatic hydroxyl groups is 1. The standard InChI is InChI=1S/C21H25Cl2NO/c1-4-21(25)13(2)19(15-5-9-17(22)10-6-15)24-20(14(21)3)16-7-11-18(23)12-8-16/h5-14,19-20,24-25H,4H2,1-3H3/t13-,14-,19-,20-/m0/s1. The zero-order valence-corrected chi connectivity index (χ0v) is 16.4. The highest BCUT2D eigenvalue weighted by Crippen LogP contribution is 2.48. The van der Waals surface area contributed by atoms with E-state index >= 15 is 0 Å². The molecular formula is C21H25Cl2NO. The van der Waals surface area contributed by atoms with E-state index in [0.29, 0.717) is 6.42 Å². The zero-order chi connectivity index (χ0) is 18.2. The third-order valence-electron chi connectivity index (χ3n) is 5.96. The van der Waals surface area contributed by atoms with E-state index in [9.17, 15) is 5.11 Å². The van der Waals surface area contributed by atoms with Crippen LogP contribution in [0.4, 0.5) is 0 Å². The van der Waals surface area contributed by atoms with E-state index in [1.54, 1.807) is 0 Å². The van der Waals surface area contributed by atoms with Gasteiger partial charge in [-0.05, 0) is 41.8 Å². The van der Waals surface area contributed by atoms with Crippen molar-refractivity contribution in [2.24, 2.45) is 11.8 Å². The molecule has 2 aromatic carbocycles. The smallest absolute Gasteiger partial charge is 0.0732 e. The Morgan fingerprint density at radius 2 is 1.20 bits per heavy atom. The fourth-order valence-electron chi connectivity index (χ4n) is 4.23. The predicted molar refractivity (Wildman–Crippen MR) is 105 cm³/mol. The maximum Gasteiger partial charge on any atom is 0.0732 e. The van der Waals surface area contributed by atoms with E-state index in [1.165, 1.54) is 0 Å². The minimum absolute atomic E-state index is 0.0547. The fourth-order valence-corrected chi connectivity index (χ4v) is 4.48. The molecule has 0 aliphatic carbocycles. The van der Waals surface area contributed by atoms with Gasteiger partial charge in [0, 0.05) is 34.0 Å². The summed E-state index contributed by atoms with van der Waals surface area (Å²) in [4.78, 5) is 0. The molecule has 25 heavy (non-hydrogen) atoms.